The number of aromatic hydroxyl groups is 2. The number of aryl methyl sites for hydroxylation is 4. The molecule has 5 N–H and O–H groups in total. The number of hydrazone groups is 2. The van der Waals surface area contributed by atoms with Crippen molar-refractivity contribution in [2.75, 3.05) is 23.3 Å². The Morgan fingerprint density at radius 1 is 0.718 bits per heavy atom. The molecule has 4 rings (SSSR count). The molecule has 10 nitrogen and oxygen atoms in total. The number of nitrogens with zero attached hydrogens (tertiary/aromatic N) is 4. The minimum Gasteiger partial charge on any atom is -0.507 e. The Labute approximate surface area is 227 Å². The summed E-state index contributed by atoms with van der Waals surface area (Å²) in [7, 11) is 1.60. The number of rotatable bonds is 9. The Kier molecular flexibility index (Phi) is 8.25. The van der Waals surface area contributed by atoms with Gasteiger partial charge in [-0.2, -0.15) is 20.2 Å². The van der Waals surface area contributed by atoms with Gasteiger partial charge in [-0.3, -0.25) is 5.43 Å². The molecular weight excluding hydrogens is 494 g/mol. The average Bonchev–Trinajstić information content (AvgIpc) is 2.90. The number of hydrogen-bond acceptors (Lipinski definition) is 10. The van der Waals surface area contributed by atoms with E-state index in [9.17, 15) is 10.2 Å². The third-order valence-electron chi connectivity index (χ3n) is 5.89. The molecule has 1 heterocycles. The van der Waals surface area contributed by atoms with Crippen LogP contribution < -0.4 is 20.9 Å². The molecular formula is C29H31N7O3. The quantitative estimate of drug-likeness (QED) is 0.137. The van der Waals surface area contributed by atoms with E-state index in [-0.39, 0.29) is 17.4 Å². The molecule has 0 unspecified atom stereocenters. The standard InChI is InChI=1S/C29H31N7O3/c1-17-10-21(11-18(2)27(17)37)15-30-35-26-14-25(32-23-8-6-7-9-24(23)39-5)33-29(34-26)36-31-16-22-12-19(3)28(38)20(4)13-22/h6-16,37-38H,1-5H3,(H3,32,33,34,35,36). The zero-order valence-corrected chi connectivity index (χ0v) is 22.4. The summed E-state index contributed by atoms with van der Waals surface area (Å²) in [6, 6.07) is 16.6. The summed E-state index contributed by atoms with van der Waals surface area (Å²) in [5, 5.41) is 31.9. The summed E-state index contributed by atoms with van der Waals surface area (Å²) in [6.45, 7) is 7.35. The summed E-state index contributed by atoms with van der Waals surface area (Å²) in [6.07, 6.45) is 3.28. The number of aromatic nitrogens is 2. The number of methoxy groups -OCH3 is 1. The van der Waals surface area contributed by atoms with Crippen LogP contribution in [0.15, 0.2) is 64.8 Å². The molecule has 0 spiro atoms. The van der Waals surface area contributed by atoms with Gasteiger partial charge in [-0.15, -0.1) is 0 Å². The molecule has 0 atom stereocenters. The van der Waals surface area contributed by atoms with Gasteiger partial charge in [0.15, 0.2) is 5.82 Å². The fraction of sp³-hybridized carbons (Fsp3) is 0.172. The molecule has 0 aliphatic carbocycles. The third-order valence-corrected chi connectivity index (χ3v) is 5.89. The normalized spacial score (nSPS) is 11.2. The van der Waals surface area contributed by atoms with Crippen molar-refractivity contribution >= 4 is 35.7 Å². The summed E-state index contributed by atoms with van der Waals surface area (Å²) < 4.78 is 5.44. The molecule has 0 saturated carbocycles. The maximum atomic E-state index is 10.0. The number of ether oxygens (including phenoxy) is 1. The predicted molar refractivity (Wildman–Crippen MR) is 156 cm³/mol. The van der Waals surface area contributed by atoms with E-state index in [0.717, 1.165) is 39.1 Å². The van der Waals surface area contributed by atoms with Crippen LogP contribution in [0.2, 0.25) is 0 Å². The number of benzene rings is 3. The van der Waals surface area contributed by atoms with Crippen molar-refractivity contribution in [1.82, 2.24) is 9.97 Å². The maximum Gasteiger partial charge on any atom is 0.247 e. The van der Waals surface area contributed by atoms with E-state index in [4.69, 9.17) is 4.74 Å². The molecule has 0 fully saturated rings. The molecule has 4 aromatic rings. The van der Waals surface area contributed by atoms with Crippen molar-refractivity contribution < 1.29 is 14.9 Å². The lowest BCUT2D eigenvalue weighted by Crippen LogP contribution is -2.04. The topological polar surface area (TPSA) is 136 Å². The third kappa shape index (κ3) is 6.80. The Balaban J connectivity index is 1.59. The van der Waals surface area contributed by atoms with E-state index >= 15 is 0 Å². The van der Waals surface area contributed by atoms with Crippen LogP contribution in [0.25, 0.3) is 0 Å². The predicted octanol–water partition coefficient (Wildman–Crippen LogP) is 5.77. The number of phenols is 2. The first-order valence-corrected chi connectivity index (χ1v) is 12.2. The van der Waals surface area contributed by atoms with Crippen molar-refractivity contribution in [3.8, 4) is 17.2 Å². The van der Waals surface area contributed by atoms with Crippen molar-refractivity contribution in [2.24, 2.45) is 10.2 Å². The maximum absolute atomic E-state index is 10.0. The van der Waals surface area contributed by atoms with Gasteiger partial charge in [0.05, 0.1) is 25.2 Å². The van der Waals surface area contributed by atoms with E-state index in [0.29, 0.717) is 17.4 Å². The SMILES string of the molecule is COc1ccccc1Nc1cc(NN=Cc2cc(C)c(O)c(C)c2)nc(NN=Cc2cc(C)c(O)c(C)c2)n1. The number of para-hydroxylation sites is 2. The van der Waals surface area contributed by atoms with Gasteiger partial charge in [0.1, 0.15) is 23.1 Å². The second-order valence-corrected chi connectivity index (χ2v) is 9.03. The van der Waals surface area contributed by atoms with Crippen molar-refractivity contribution in [1.29, 1.82) is 0 Å². The zero-order valence-electron chi connectivity index (χ0n) is 22.4. The molecule has 3 aromatic carbocycles. The highest BCUT2D eigenvalue weighted by Crippen LogP contribution is 2.28. The number of hydrogen-bond donors (Lipinski definition) is 5. The summed E-state index contributed by atoms with van der Waals surface area (Å²) >= 11 is 0. The van der Waals surface area contributed by atoms with Crippen LogP contribution in [-0.4, -0.2) is 39.7 Å². The van der Waals surface area contributed by atoms with Gasteiger partial charge in [0, 0.05) is 6.07 Å². The van der Waals surface area contributed by atoms with Crippen molar-refractivity contribution in [3.05, 3.63) is 88.0 Å². The molecule has 0 aliphatic heterocycles. The molecule has 0 amide bonds. The van der Waals surface area contributed by atoms with Crippen molar-refractivity contribution in [2.45, 2.75) is 27.7 Å². The molecule has 39 heavy (non-hydrogen) atoms. The highest BCUT2D eigenvalue weighted by atomic mass is 16.5. The molecule has 0 bridgehead atoms. The summed E-state index contributed by atoms with van der Waals surface area (Å²) in [4.78, 5) is 8.99. The van der Waals surface area contributed by atoms with Crippen LogP contribution in [-0.2, 0) is 0 Å². The van der Waals surface area contributed by atoms with Gasteiger partial charge in [-0.25, -0.2) is 5.43 Å². The molecule has 200 valence electrons. The van der Waals surface area contributed by atoms with E-state index in [1.54, 1.807) is 25.6 Å². The number of anilines is 4. The Morgan fingerprint density at radius 2 is 1.23 bits per heavy atom. The Hall–Kier alpha value is -5.12. The van der Waals surface area contributed by atoms with E-state index in [1.807, 2.05) is 76.2 Å². The fourth-order valence-corrected chi connectivity index (χ4v) is 3.97. The minimum atomic E-state index is 0.229. The van der Waals surface area contributed by atoms with Gasteiger partial charge < -0.3 is 20.3 Å². The lowest BCUT2D eigenvalue weighted by Gasteiger charge is -2.12. The molecule has 0 aliphatic rings. The molecule has 10 heteroatoms. The first kappa shape index (κ1) is 26.9. The number of nitrogens with one attached hydrogen (secondary N) is 3. The van der Waals surface area contributed by atoms with Crippen LogP contribution in [0.1, 0.15) is 33.4 Å². The smallest absolute Gasteiger partial charge is 0.247 e. The second-order valence-electron chi connectivity index (χ2n) is 9.03. The fourth-order valence-electron chi connectivity index (χ4n) is 3.97. The summed E-state index contributed by atoms with van der Waals surface area (Å²) in [5.74, 6) is 2.33. The lowest BCUT2D eigenvalue weighted by atomic mass is 10.1. The Bertz CT molecular complexity index is 1420. The Morgan fingerprint density at radius 3 is 1.79 bits per heavy atom. The van der Waals surface area contributed by atoms with Crippen LogP contribution in [0, 0.1) is 27.7 Å². The van der Waals surface area contributed by atoms with E-state index in [1.165, 1.54) is 0 Å². The number of phenolic OH excluding ortho intramolecular Hbond substituents is 2. The van der Waals surface area contributed by atoms with Gasteiger partial charge in [-0.05, 0) is 97.5 Å². The second kappa shape index (κ2) is 12.0. The molecule has 1 aromatic heterocycles. The minimum absolute atomic E-state index is 0.229. The van der Waals surface area contributed by atoms with Crippen LogP contribution >= 0.6 is 0 Å². The van der Waals surface area contributed by atoms with Crippen LogP contribution in [0.3, 0.4) is 0 Å². The average molecular weight is 526 g/mol. The van der Waals surface area contributed by atoms with E-state index < -0.39 is 0 Å². The first-order chi connectivity index (χ1) is 18.7. The monoisotopic (exact) mass is 525 g/mol. The van der Waals surface area contributed by atoms with Crippen molar-refractivity contribution in [3.63, 3.8) is 0 Å². The largest absolute Gasteiger partial charge is 0.507 e. The van der Waals surface area contributed by atoms with Gasteiger partial charge >= 0.3 is 0 Å². The first-order valence-electron chi connectivity index (χ1n) is 12.2. The highest BCUT2D eigenvalue weighted by Gasteiger charge is 2.08. The van der Waals surface area contributed by atoms with E-state index in [2.05, 4.69) is 36.3 Å². The summed E-state index contributed by atoms with van der Waals surface area (Å²) in [5.41, 5.74) is 11.2. The van der Waals surface area contributed by atoms with Gasteiger partial charge in [-0.1, -0.05) is 12.1 Å². The molecule has 0 saturated heterocycles. The van der Waals surface area contributed by atoms with Gasteiger partial charge in [0.2, 0.25) is 5.95 Å². The lowest BCUT2D eigenvalue weighted by molar-refractivity contribution is 0.417. The van der Waals surface area contributed by atoms with Gasteiger partial charge in [0.25, 0.3) is 0 Å². The highest BCUT2D eigenvalue weighted by molar-refractivity contribution is 5.82. The molecule has 0 radical (unpaired) electrons. The van der Waals surface area contributed by atoms with Crippen LogP contribution in [0.5, 0.6) is 17.2 Å². The zero-order chi connectivity index (χ0) is 27.9. The van der Waals surface area contributed by atoms with Crippen LogP contribution in [0.4, 0.5) is 23.3 Å².